The summed E-state index contributed by atoms with van der Waals surface area (Å²) in [5.41, 5.74) is 9.56. The molecule has 0 unspecified atom stereocenters. The Labute approximate surface area is 125 Å². The van der Waals surface area contributed by atoms with Gasteiger partial charge in [-0.2, -0.15) is 0 Å². The molecule has 0 amide bonds. The van der Waals surface area contributed by atoms with Crippen LogP contribution in [0.25, 0.3) is 21.3 Å². The molecule has 0 saturated carbocycles. The van der Waals surface area contributed by atoms with Crippen molar-refractivity contribution in [2.75, 3.05) is 7.11 Å². The average Bonchev–Trinajstić information content (AvgIpc) is 3.11. The number of carbonyl (C=O) groups is 1. The number of benzene rings is 1. The molecule has 0 spiro atoms. The molecule has 1 aromatic carbocycles. The minimum atomic E-state index is -0.511. The topological polar surface area (TPSA) is 80.0 Å². The van der Waals surface area contributed by atoms with Gasteiger partial charge in [0.15, 0.2) is 0 Å². The molecule has 7 heteroatoms. The number of aromatic nitrogens is 1. The fourth-order valence-electron chi connectivity index (χ4n) is 2.79. The lowest BCUT2D eigenvalue weighted by Gasteiger charge is -2.13. The smallest absolute Gasteiger partial charge is 0.340 e. The van der Waals surface area contributed by atoms with Crippen molar-refractivity contribution in [3.63, 3.8) is 0 Å². The molecule has 1 heterocycles. The number of halogens is 1. The second-order valence-corrected chi connectivity index (χ2v) is 5.06. The van der Waals surface area contributed by atoms with E-state index in [9.17, 15) is 9.18 Å². The van der Waals surface area contributed by atoms with Gasteiger partial charge >= 0.3 is 5.97 Å². The average molecular weight is 300 g/mol. The highest BCUT2D eigenvalue weighted by Crippen LogP contribution is 2.32. The first-order valence-corrected chi connectivity index (χ1v) is 6.75. The minimum absolute atomic E-state index is 0.0538. The van der Waals surface area contributed by atoms with Crippen molar-refractivity contribution < 1.29 is 13.9 Å². The molecule has 1 aromatic heterocycles. The molecule has 3 rings (SSSR count). The molecule has 0 radical (unpaired) electrons. The van der Waals surface area contributed by atoms with Gasteiger partial charge in [0.05, 0.1) is 24.8 Å². The molecule has 112 valence electrons. The van der Waals surface area contributed by atoms with Crippen molar-refractivity contribution in [2.45, 2.75) is 18.5 Å². The summed E-state index contributed by atoms with van der Waals surface area (Å²) in [6.45, 7) is 0. The van der Waals surface area contributed by atoms with E-state index >= 15 is 0 Å². The number of nitrogens with zero attached hydrogens (tertiary/aromatic N) is 4. The van der Waals surface area contributed by atoms with Crippen LogP contribution >= 0.6 is 0 Å². The van der Waals surface area contributed by atoms with Crippen LogP contribution in [0.5, 0.6) is 0 Å². The molecule has 2 aromatic rings. The number of hydrogen-bond donors (Lipinski definition) is 0. The van der Waals surface area contributed by atoms with Crippen molar-refractivity contribution in [3.05, 3.63) is 58.4 Å². The number of fused-ring (bicyclic) bond motifs is 1. The van der Waals surface area contributed by atoms with E-state index in [1.54, 1.807) is 12.3 Å². The summed E-state index contributed by atoms with van der Waals surface area (Å²) >= 11 is 0. The molecule has 0 N–H and O–H groups in total. The summed E-state index contributed by atoms with van der Waals surface area (Å²) in [4.78, 5) is 14.7. The van der Waals surface area contributed by atoms with Crippen LogP contribution in [-0.4, -0.2) is 23.7 Å². The highest BCUT2D eigenvalue weighted by atomic mass is 19.1. The third-order valence-electron chi connectivity index (χ3n) is 3.80. The first-order chi connectivity index (χ1) is 10.6. The highest BCUT2D eigenvalue weighted by molar-refractivity contribution is 6.04. The van der Waals surface area contributed by atoms with Gasteiger partial charge in [-0.15, -0.1) is 0 Å². The van der Waals surface area contributed by atoms with Crippen LogP contribution in [0.1, 0.15) is 22.8 Å². The van der Waals surface area contributed by atoms with Gasteiger partial charge in [0.2, 0.25) is 0 Å². The molecule has 22 heavy (non-hydrogen) atoms. The van der Waals surface area contributed by atoms with Gasteiger partial charge in [-0.1, -0.05) is 17.3 Å². The van der Waals surface area contributed by atoms with E-state index in [1.807, 2.05) is 16.7 Å². The Morgan fingerprint density at radius 2 is 2.32 bits per heavy atom. The summed E-state index contributed by atoms with van der Waals surface area (Å²) in [6.07, 6.45) is 6.01. The maximum Gasteiger partial charge on any atom is 0.340 e. The monoisotopic (exact) mass is 300 g/mol. The number of methoxy groups -OCH3 is 1. The van der Waals surface area contributed by atoms with Gasteiger partial charge in [0.25, 0.3) is 0 Å². The minimum Gasteiger partial charge on any atom is -0.465 e. The predicted octanol–water partition coefficient (Wildman–Crippen LogP) is 3.75. The van der Waals surface area contributed by atoms with Crippen LogP contribution in [0.4, 0.5) is 4.39 Å². The lowest BCUT2D eigenvalue weighted by atomic mass is 10.1. The summed E-state index contributed by atoms with van der Waals surface area (Å²) in [5, 5.41) is 4.19. The van der Waals surface area contributed by atoms with Gasteiger partial charge in [-0.25, -0.2) is 9.18 Å². The van der Waals surface area contributed by atoms with E-state index in [1.165, 1.54) is 19.2 Å². The van der Waals surface area contributed by atoms with Crippen molar-refractivity contribution >= 4 is 16.9 Å². The van der Waals surface area contributed by atoms with Gasteiger partial charge in [-0.3, -0.25) is 0 Å². The zero-order chi connectivity index (χ0) is 15.7. The van der Waals surface area contributed by atoms with Crippen molar-refractivity contribution in [1.82, 2.24) is 4.57 Å². The number of ether oxygens (including phenoxy) is 1. The molecule has 0 fully saturated rings. The zero-order valence-electron chi connectivity index (χ0n) is 11.8. The van der Waals surface area contributed by atoms with E-state index in [2.05, 4.69) is 10.0 Å². The van der Waals surface area contributed by atoms with Crippen LogP contribution in [0.2, 0.25) is 0 Å². The fraction of sp³-hybridized carbons (Fsp3) is 0.267. The fourth-order valence-corrected chi connectivity index (χ4v) is 2.79. The second kappa shape index (κ2) is 5.54. The Hall–Kier alpha value is -2.79. The standard InChI is InChI=1S/C15H13FN4O2/c1-22-15(21)13-8-20(11-4-3-10(7-11)18-19-17)14-5-2-9(16)6-12(13)14/h2-6,8,10-11H,7H2,1H3/t10-,11+/m1/s1. The Balaban J connectivity index is 2.09. The second-order valence-electron chi connectivity index (χ2n) is 5.06. The summed E-state index contributed by atoms with van der Waals surface area (Å²) < 4.78 is 20.1. The molecule has 1 aliphatic rings. The number of allylic oxidation sites excluding steroid dienone is 1. The van der Waals surface area contributed by atoms with Gasteiger partial charge < -0.3 is 9.30 Å². The first-order valence-electron chi connectivity index (χ1n) is 6.75. The van der Waals surface area contributed by atoms with Crippen LogP contribution in [0, 0.1) is 5.82 Å². The molecular weight excluding hydrogens is 287 g/mol. The molecule has 0 bridgehead atoms. The molecule has 6 nitrogen and oxygen atoms in total. The number of azide groups is 1. The predicted molar refractivity (Wildman–Crippen MR) is 79.0 cm³/mol. The molecule has 0 aliphatic heterocycles. The number of carbonyl (C=O) groups excluding carboxylic acids is 1. The Morgan fingerprint density at radius 1 is 1.50 bits per heavy atom. The van der Waals surface area contributed by atoms with Crippen molar-refractivity contribution in [3.8, 4) is 0 Å². The van der Waals surface area contributed by atoms with Crippen molar-refractivity contribution in [2.24, 2.45) is 5.11 Å². The third-order valence-corrected chi connectivity index (χ3v) is 3.80. The Morgan fingerprint density at radius 3 is 3.05 bits per heavy atom. The van der Waals surface area contributed by atoms with Gasteiger partial charge in [0, 0.05) is 22.0 Å². The van der Waals surface area contributed by atoms with Crippen LogP contribution in [0.15, 0.2) is 41.7 Å². The summed E-state index contributed by atoms with van der Waals surface area (Å²) in [6, 6.07) is 4.04. The lowest BCUT2D eigenvalue weighted by molar-refractivity contribution is 0.0602. The molecular formula is C15H13FN4O2. The number of rotatable bonds is 3. The van der Waals surface area contributed by atoms with E-state index in [4.69, 9.17) is 10.3 Å². The Kier molecular flexibility index (Phi) is 3.56. The SMILES string of the molecule is COC(=O)c1cn([C@H]2C=C[C@@H](N=[N+]=[N-])C2)c2ccc(F)cc12. The third kappa shape index (κ3) is 2.31. The van der Waals surface area contributed by atoms with Crippen LogP contribution < -0.4 is 0 Å². The summed E-state index contributed by atoms with van der Waals surface area (Å²) in [5.74, 6) is -0.924. The van der Waals surface area contributed by atoms with Crippen LogP contribution in [-0.2, 0) is 4.74 Å². The van der Waals surface area contributed by atoms with E-state index in [-0.39, 0.29) is 12.1 Å². The van der Waals surface area contributed by atoms with E-state index in [0.717, 1.165) is 5.52 Å². The lowest BCUT2D eigenvalue weighted by Crippen LogP contribution is -2.06. The maximum absolute atomic E-state index is 13.5. The zero-order valence-corrected chi connectivity index (χ0v) is 11.8. The largest absolute Gasteiger partial charge is 0.465 e. The van der Waals surface area contributed by atoms with E-state index in [0.29, 0.717) is 17.4 Å². The van der Waals surface area contributed by atoms with E-state index < -0.39 is 11.8 Å². The van der Waals surface area contributed by atoms with Crippen molar-refractivity contribution in [1.29, 1.82) is 0 Å². The number of hydrogen-bond acceptors (Lipinski definition) is 3. The highest BCUT2D eigenvalue weighted by Gasteiger charge is 2.24. The number of esters is 1. The summed E-state index contributed by atoms with van der Waals surface area (Å²) in [7, 11) is 1.29. The first kappa shape index (κ1) is 14.2. The molecule has 0 saturated heterocycles. The normalized spacial score (nSPS) is 20.1. The quantitative estimate of drug-likeness (QED) is 0.284. The maximum atomic E-state index is 13.5. The van der Waals surface area contributed by atoms with Gasteiger partial charge in [0.1, 0.15) is 5.82 Å². The van der Waals surface area contributed by atoms with Gasteiger partial charge in [-0.05, 0) is 30.2 Å². The molecule has 1 aliphatic carbocycles. The van der Waals surface area contributed by atoms with Crippen LogP contribution in [0.3, 0.4) is 0 Å². The molecule has 2 atom stereocenters. The Bertz CT molecular complexity index is 820.